The van der Waals surface area contributed by atoms with Gasteiger partial charge in [-0.2, -0.15) is 24.9 Å². The number of hydrogen-bond donors (Lipinski definition) is 1. The lowest BCUT2D eigenvalue weighted by Crippen LogP contribution is -2.48. The van der Waals surface area contributed by atoms with E-state index < -0.39 is 12.1 Å². The smallest absolute Gasteiger partial charge is 0.330 e. The first-order valence-electron chi connectivity index (χ1n) is 5.38. The minimum Gasteiger partial charge on any atom is -0.330 e. The van der Waals surface area contributed by atoms with Gasteiger partial charge in [0.15, 0.2) is 0 Å². The summed E-state index contributed by atoms with van der Waals surface area (Å²) >= 11 is 1.81. The molecule has 0 aromatic rings. The number of nitrogens with two attached hydrogens (primary N) is 1. The van der Waals surface area contributed by atoms with E-state index in [9.17, 15) is 13.2 Å². The third-order valence-corrected chi connectivity index (χ3v) is 4.03. The number of nitrogens with zero attached hydrogens (tertiary/aromatic N) is 1. The molecule has 1 aliphatic rings. The van der Waals surface area contributed by atoms with Gasteiger partial charge in [-0.3, -0.25) is 0 Å². The van der Waals surface area contributed by atoms with Crippen LogP contribution in [0.15, 0.2) is 0 Å². The summed E-state index contributed by atoms with van der Waals surface area (Å²) in [5, 5.41) is 0. The maximum Gasteiger partial charge on any atom is 0.394 e. The highest BCUT2D eigenvalue weighted by atomic mass is 32.2. The molecule has 1 fully saturated rings. The SMILES string of the molecule is CC1(C)CN(CC(CN)C(F)(F)F)CCS1. The van der Waals surface area contributed by atoms with Crippen LogP contribution in [0.3, 0.4) is 0 Å². The first kappa shape index (κ1) is 14.1. The predicted octanol–water partition coefficient (Wildman–Crippen LogP) is 1.95. The fourth-order valence-corrected chi connectivity index (χ4v) is 3.07. The second kappa shape index (κ2) is 5.14. The van der Waals surface area contributed by atoms with Crippen LogP contribution in [0.5, 0.6) is 0 Å². The minimum absolute atomic E-state index is 0.0317. The van der Waals surface area contributed by atoms with Crippen LogP contribution in [0, 0.1) is 5.92 Å². The highest BCUT2D eigenvalue weighted by molar-refractivity contribution is 8.00. The van der Waals surface area contributed by atoms with E-state index >= 15 is 0 Å². The van der Waals surface area contributed by atoms with E-state index in [1.165, 1.54) is 0 Å². The zero-order valence-electron chi connectivity index (χ0n) is 9.68. The van der Waals surface area contributed by atoms with E-state index in [-0.39, 0.29) is 17.8 Å². The normalized spacial score (nSPS) is 24.4. The van der Waals surface area contributed by atoms with Crippen molar-refractivity contribution in [2.45, 2.75) is 24.8 Å². The van der Waals surface area contributed by atoms with Gasteiger partial charge < -0.3 is 10.6 Å². The molecule has 0 bridgehead atoms. The maximum absolute atomic E-state index is 12.6. The molecule has 1 saturated heterocycles. The highest BCUT2D eigenvalue weighted by Gasteiger charge is 2.40. The first-order valence-corrected chi connectivity index (χ1v) is 6.36. The van der Waals surface area contributed by atoms with Gasteiger partial charge in [-0.15, -0.1) is 0 Å². The van der Waals surface area contributed by atoms with E-state index in [2.05, 4.69) is 13.8 Å². The van der Waals surface area contributed by atoms with Gasteiger partial charge >= 0.3 is 6.18 Å². The summed E-state index contributed by atoms with van der Waals surface area (Å²) in [5.41, 5.74) is 5.19. The Kier molecular flexibility index (Phi) is 4.54. The molecule has 1 rings (SSSR count). The molecular formula is C10H19F3N2S. The third kappa shape index (κ3) is 4.14. The van der Waals surface area contributed by atoms with Gasteiger partial charge in [0.05, 0.1) is 5.92 Å². The van der Waals surface area contributed by atoms with Crippen molar-refractivity contribution < 1.29 is 13.2 Å². The molecule has 6 heteroatoms. The highest BCUT2D eigenvalue weighted by Crippen LogP contribution is 2.32. The molecule has 0 radical (unpaired) electrons. The van der Waals surface area contributed by atoms with Crippen LogP contribution in [0.4, 0.5) is 13.2 Å². The van der Waals surface area contributed by atoms with Gasteiger partial charge in [0.25, 0.3) is 0 Å². The van der Waals surface area contributed by atoms with Crippen LogP contribution in [0.1, 0.15) is 13.8 Å². The average molecular weight is 256 g/mol. The second-order valence-corrected chi connectivity index (χ2v) is 6.62. The fraction of sp³-hybridized carbons (Fsp3) is 1.00. The number of hydrogen-bond acceptors (Lipinski definition) is 3. The Hall–Kier alpha value is 0.0600. The van der Waals surface area contributed by atoms with Crippen molar-refractivity contribution in [3.63, 3.8) is 0 Å². The number of thioether (sulfide) groups is 1. The molecular weight excluding hydrogens is 237 g/mol. The quantitative estimate of drug-likeness (QED) is 0.837. The monoisotopic (exact) mass is 256 g/mol. The molecule has 1 atom stereocenters. The van der Waals surface area contributed by atoms with E-state index in [0.717, 1.165) is 12.3 Å². The molecule has 0 amide bonds. The standard InChI is InChI=1S/C10H19F3N2S/c1-9(2)7-15(3-4-16-9)6-8(5-14)10(11,12)13/h8H,3-7,14H2,1-2H3. The lowest BCUT2D eigenvalue weighted by Gasteiger charge is -2.39. The van der Waals surface area contributed by atoms with Gasteiger partial charge in [0, 0.05) is 36.7 Å². The Balaban J connectivity index is 2.52. The number of rotatable bonds is 3. The summed E-state index contributed by atoms with van der Waals surface area (Å²) in [4.78, 5) is 1.88. The van der Waals surface area contributed by atoms with Gasteiger partial charge in [0.1, 0.15) is 0 Å². The van der Waals surface area contributed by atoms with Crippen molar-refractivity contribution in [1.29, 1.82) is 0 Å². The lowest BCUT2D eigenvalue weighted by molar-refractivity contribution is -0.176. The molecule has 96 valence electrons. The Morgan fingerprint density at radius 1 is 1.44 bits per heavy atom. The Labute approximate surface area is 98.7 Å². The zero-order valence-corrected chi connectivity index (χ0v) is 10.5. The van der Waals surface area contributed by atoms with Gasteiger partial charge in [-0.1, -0.05) is 0 Å². The Bertz CT molecular complexity index is 231. The first-order chi connectivity index (χ1) is 7.24. The lowest BCUT2D eigenvalue weighted by atomic mass is 10.1. The summed E-state index contributed by atoms with van der Waals surface area (Å²) < 4.78 is 37.7. The van der Waals surface area contributed by atoms with Gasteiger partial charge in [-0.05, 0) is 13.8 Å². The van der Waals surface area contributed by atoms with Crippen molar-refractivity contribution in [2.24, 2.45) is 11.7 Å². The summed E-state index contributed by atoms with van der Waals surface area (Å²) in [6, 6.07) is 0. The largest absolute Gasteiger partial charge is 0.394 e. The van der Waals surface area contributed by atoms with E-state index in [1.807, 2.05) is 16.7 Å². The molecule has 16 heavy (non-hydrogen) atoms. The topological polar surface area (TPSA) is 29.3 Å². The zero-order chi connectivity index (χ0) is 12.4. The van der Waals surface area contributed by atoms with Crippen molar-refractivity contribution in [2.75, 3.05) is 31.9 Å². The predicted molar refractivity (Wildman–Crippen MR) is 61.6 cm³/mol. The molecule has 1 unspecified atom stereocenters. The number of halogens is 3. The van der Waals surface area contributed by atoms with Crippen LogP contribution >= 0.6 is 11.8 Å². The molecule has 0 aliphatic carbocycles. The van der Waals surface area contributed by atoms with Crippen molar-refractivity contribution >= 4 is 11.8 Å². The molecule has 1 aliphatic heterocycles. The van der Waals surface area contributed by atoms with E-state index in [4.69, 9.17) is 5.73 Å². The van der Waals surface area contributed by atoms with Gasteiger partial charge in [0.2, 0.25) is 0 Å². The summed E-state index contributed by atoms with van der Waals surface area (Å²) in [5.74, 6) is -0.506. The molecule has 0 saturated carbocycles. The Morgan fingerprint density at radius 2 is 2.06 bits per heavy atom. The summed E-state index contributed by atoms with van der Waals surface area (Å²) in [7, 11) is 0. The molecule has 0 aromatic heterocycles. The van der Waals surface area contributed by atoms with Crippen LogP contribution in [-0.4, -0.2) is 47.8 Å². The van der Waals surface area contributed by atoms with Crippen LogP contribution < -0.4 is 5.73 Å². The fourth-order valence-electron chi connectivity index (χ4n) is 1.89. The van der Waals surface area contributed by atoms with Crippen LogP contribution in [-0.2, 0) is 0 Å². The van der Waals surface area contributed by atoms with Gasteiger partial charge in [-0.25, -0.2) is 0 Å². The second-order valence-electron chi connectivity index (χ2n) is 4.82. The molecule has 1 heterocycles. The molecule has 2 N–H and O–H groups in total. The maximum atomic E-state index is 12.6. The molecule has 2 nitrogen and oxygen atoms in total. The summed E-state index contributed by atoms with van der Waals surface area (Å²) in [6.45, 7) is 5.26. The summed E-state index contributed by atoms with van der Waals surface area (Å²) in [6.07, 6.45) is -4.18. The number of alkyl halides is 3. The third-order valence-electron chi connectivity index (χ3n) is 2.73. The van der Waals surface area contributed by atoms with Crippen LogP contribution in [0.2, 0.25) is 0 Å². The van der Waals surface area contributed by atoms with Crippen molar-refractivity contribution in [3.8, 4) is 0 Å². The van der Waals surface area contributed by atoms with E-state index in [1.54, 1.807) is 0 Å². The van der Waals surface area contributed by atoms with Crippen molar-refractivity contribution in [1.82, 2.24) is 4.90 Å². The molecule has 0 spiro atoms. The van der Waals surface area contributed by atoms with E-state index in [0.29, 0.717) is 6.54 Å². The van der Waals surface area contributed by atoms with Crippen molar-refractivity contribution in [3.05, 3.63) is 0 Å². The minimum atomic E-state index is -4.18. The van der Waals surface area contributed by atoms with Crippen LogP contribution in [0.25, 0.3) is 0 Å². The Morgan fingerprint density at radius 3 is 2.50 bits per heavy atom. The molecule has 0 aromatic carbocycles. The average Bonchev–Trinajstić information content (AvgIpc) is 2.10.